The fraction of sp³-hybridized carbons (Fsp3) is 0.462. The number of carbonyl (C=O) groups is 1. The topological polar surface area (TPSA) is 29.5 Å². The predicted molar refractivity (Wildman–Crippen MR) is 64.7 cm³/mol. The third-order valence-electron chi connectivity index (χ3n) is 2.65. The van der Waals surface area contributed by atoms with Crippen molar-refractivity contribution in [2.24, 2.45) is 0 Å². The van der Waals surface area contributed by atoms with E-state index < -0.39 is 17.4 Å². The Morgan fingerprint density at radius 3 is 2.72 bits per heavy atom. The van der Waals surface area contributed by atoms with Crippen LogP contribution in [-0.4, -0.2) is 44.0 Å². The minimum Gasteiger partial charge on any atom is -0.383 e. The Kier molecular flexibility index (Phi) is 5.88. The highest BCUT2D eigenvalue weighted by molar-refractivity contribution is 5.97. The lowest BCUT2D eigenvalue weighted by Gasteiger charge is -2.18. The van der Waals surface area contributed by atoms with Crippen LogP contribution in [0.2, 0.25) is 0 Å². The molecule has 1 aromatic rings. The third kappa shape index (κ3) is 4.16. The molecule has 0 atom stereocenters. The highest BCUT2D eigenvalue weighted by atomic mass is 19.1. The van der Waals surface area contributed by atoms with Crippen LogP contribution in [0.4, 0.5) is 8.78 Å². The highest BCUT2D eigenvalue weighted by Gasteiger charge is 2.15. The summed E-state index contributed by atoms with van der Waals surface area (Å²) in [7, 11) is 1.57. The van der Waals surface area contributed by atoms with E-state index in [1.807, 2.05) is 11.8 Å². The normalized spacial score (nSPS) is 10.9. The standard InChI is InChI=1S/C13H17F2NO2/c1-3-16(6-7-18-2)9-13(17)11-8-10(14)4-5-12(11)15/h4-5,8H,3,6-7,9H2,1-2H3. The van der Waals surface area contributed by atoms with Gasteiger partial charge in [-0.1, -0.05) is 6.92 Å². The molecule has 0 spiro atoms. The minimum absolute atomic E-state index is 0.0558. The van der Waals surface area contributed by atoms with E-state index in [9.17, 15) is 13.6 Å². The van der Waals surface area contributed by atoms with Gasteiger partial charge in [-0.05, 0) is 24.7 Å². The molecule has 0 saturated carbocycles. The highest BCUT2D eigenvalue weighted by Crippen LogP contribution is 2.11. The maximum Gasteiger partial charge on any atom is 0.179 e. The number of carbonyl (C=O) groups excluding carboxylic acids is 1. The maximum atomic E-state index is 13.4. The second kappa shape index (κ2) is 7.18. The molecule has 0 fully saturated rings. The first-order valence-corrected chi connectivity index (χ1v) is 5.78. The molecule has 0 saturated heterocycles. The minimum atomic E-state index is -0.691. The van der Waals surface area contributed by atoms with Gasteiger partial charge in [0.25, 0.3) is 0 Å². The SMILES string of the molecule is CCN(CCOC)CC(=O)c1cc(F)ccc1F. The van der Waals surface area contributed by atoms with Crippen LogP contribution in [0.25, 0.3) is 0 Å². The number of likely N-dealkylation sites (N-methyl/N-ethyl adjacent to an activating group) is 1. The number of hydrogen-bond acceptors (Lipinski definition) is 3. The van der Waals surface area contributed by atoms with Crippen molar-refractivity contribution in [2.45, 2.75) is 6.92 Å². The van der Waals surface area contributed by atoms with Gasteiger partial charge >= 0.3 is 0 Å². The van der Waals surface area contributed by atoms with Gasteiger partial charge in [-0.2, -0.15) is 0 Å². The van der Waals surface area contributed by atoms with Gasteiger partial charge in [0.05, 0.1) is 18.7 Å². The summed E-state index contributed by atoms with van der Waals surface area (Å²) in [5.41, 5.74) is -0.203. The molecule has 0 heterocycles. The van der Waals surface area contributed by atoms with Crippen LogP contribution in [0, 0.1) is 11.6 Å². The Balaban J connectivity index is 2.71. The first kappa shape index (κ1) is 14.7. The Labute approximate surface area is 105 Å². The van der Waals surface area contributed by atoms with E-state index in [4.69, 9.17) is 4.74 Å². The lowest BCUT2D eigenvalue weighted by molar-refractivity contribution is 0.0897. The molecule has 3 nitrogen and oxygen atoms in total. The first-order valence-electron chi connectivity index (χ1n) is 5.78. The fourth-order valence-electron chi connectivity index (χ4n) is 1.57. The van der Waals surface area contributed by atoms with E-state index >= 15 is 0 Å². The number of rotatable bonds is 7. The molecule has 0 unspecified atom stereocenters. The average molecular weight is 257 g/mol. The molecule has 1 aromatic carbocycles. The zero-order valence-electron chi connectivity index (χ0n) is 10.6. The quantitative estimate of drug-likeness (QED) is 0.701. The van der Waals surface area contributed by atoms with Crippen LogP contribution in [0.3, 0.4) is 0 Å². The summed E-state index contributed by atoms with van der Waals surface area (Å²) < 4.78 is 31.3. The molecular formula is C13H17F2NO2. The van der Waals surface area contributed by atoms with Crippen molar-refractivity contribution in [1.82, 2.24) is 4.90 Å². The molecule has 1 rings (SSSR count). The largest absolute Gasteiger partial charge is 0.383 e. The van der Waals surface area contributed by atoms with E-state index in [2.05, 4.69) is 0 Å². The lowest BCUT2D eigenvalue weighted by Crippen LogP contribution is -2.33. The van der Waals surface area contributed by atoms with Gasteiger partial charge in [0.15, 0.2) is 5.78 Å². The third-order valence-corrected chi connectivity index (χ3v) is 2.65. The van der Waals surface area contributed by atoms with Gasteiger partial charge in [0.2, 0.25) is 0 Å². The van der Waals surface area contributed by atoms with Crippen molar-refractivity contribution in [3.63, 3.8) is 0 Å². The predicted octanol–water partition coefficient (Wildman–Crippen LogP) is 2.12. The van der Waals surface area contributed by atoms with Crippen LogP contribution >= 0.6 is 0 Å². The van der Waals surface area contributed by atoms with Gasteiger partial charge in [0.1, 0.15) is 11.6 Å². The second-order valence-corrected chi connectivity index (χ2v) is 3.91. The molecule has 0 aliphatic carbocycles. The summed E-state index contributed by atoms with van der Waals surface area (Å²) in [5.74, 6) is -1.73. The number of Topliss-reactive ketones (excluding diaryl/α,β-unsaturated/α-hetero) is 1. The van der Waals surface area contributed by atoms with Gasteiger partial charge < -0.3 is 4.74 Å². The molecular weight excluding hydrogens is 240 g/mol. The summed E-state index contributed by atoms with van der Waals surface area (Å²) >= 11 is 0. The molecule has 5 heteroatoms. The van der Waals surface area contributed by atoms with E-state index in [1.165, 1.54) is 0 Å². The number of halogens is 2. The van der Waals surface area contributed by atoms with Crippen molar-refractivity contribution in [2.75, 3.05) is 33.4 Å². The molecule has 0 aliphatic rings. The number of hydrogen-bond donors (Lipinski definition) is 0. The summed E-state index contributed by atoms with van der Waals surface area (Å²) in [4.78, 5) is 13.7. The molecule has 0 aliphatic heterocycles. The molecule has 0 N–H and O–H groups in total. The van der Waals surface area contributed by atoms with Gasteiger partial charge in [-0.15, -0.1) is 0 Å². The Bertz CT molecular complexity index is 410. The molecule has 100 valence electrons. The van der Waals surface area contributed by atoms with Crippen molar-refractivity contribution >= 4 is 5.78 Å². The second-order valence-electron chi connectivity index (χ2n) is 3.91. The zero-order valence-corrected chi connectivity index (χ0v) is 10.6. The Morgan fingerprint density at radius 1 is 1.39 bits per heavy atom. The number of benzene rings is 1. The zero-order chi connectivity index (χ0) is 13.5. The molecule has 0 aromatic heterocycles. The lowest BCUT2D eigenvalue weighted by atomic mass is 10.1. The molecule has 0 bridgehead atoms. The maximum absolute atomic E-state index is 13.4. The fourth-order valence-corrected chi connectivity index (χ4v) is 1.57. The summed E-state index contributed by atoms with van der Waals surface area (Å²) in [6, 6.07) is 2.89. The average Bonchev–Trinajstić information content (AvgIpc) is 2.37. The number of methoxy groups -OCH3 is 1. The number of ether oxygens (including phenoxy) is 1. The molecule has 0 radical (unpaired) electrons. The molecule has 18 heavy (non-hydrogen) atoms. The van der Waals surface area contributed by atoms with E-state index in [0.29, 0.717) is 19.7 Å². The van der Waals surface area contributed by atoms with E-state index in [0.717, 1.165) is 18.2 Å². The van der Waals surface area contributed by atoms with Crippen molar-refractivity contribution < 1.29 is 18.3 Å². The smallest absolute Gasteiger partial charge is 0.179 e. The van der Waals surface area contributed by atoms with Gasteiger partial charge in [-0.25, -0.2) is 8.78 Å². The van der Waals surface area contributed by atoms with E-state index in [1.54, 1.807) is 7.11 Å². The summed E-state index contributed by atoms with van der Waals surface area (Å²) in [6.45, 7) is 3.67. The Hall–Kier alpha value is -1.33. The van der Waals surface area contributed by atoms with Gasteiger partial charge in [0, 0.05) is 13.7 Å². The summed E-state index contributed by atoms with van der Waals surface area (Å²) in [5, 5.41) is 0. The number of ketones is 1. The van der Waals surface area contributed by atoms with Crippen molar-refractivity contribution in [3.05, 3.63) is 35.4 Å². The van der Waals surface area contributed by atoms with Crippen LogP contribution in [0.5, 0.6) is 0 Å². The Morgan fingerprint density at radius 2 is 2.11 bits per heavy atom. The van der Waals surface area contributed by atoms with E-state index in [-0.39, 0.29) is 12.1 Å². The first-order chi connectivity index (χ1) is 8.58. The van der Waals surface area contributed by atoms with Crippen LogP contribution in [0.1, 0.15) is 17.3 Å². The van der Waals surface area contributed by atoms with Crippen molar-refractivity contribution in [3.8, 4) is 0 Å². The van der Waals surface area contributed by atoms with Crippen LogP contribution < -0.4 is 0 Å². The summed E-state index contributed by atoms with van der Waals surface area (Å²) in [6.07, 6.45) is 0. The molecule has 0 amide bonds. The monoisotopic (exact) mass is 257 g/mol. The van der Waals surface area contributed by atoms with Crippen LogP contribution in [0.15, 0.2) is 18.2 Å². The van der Waals surface area contributed by atoms with Gasteiger partial charge in [-0.3, -0.25) is 9.69 Å². The number of nitrogens with zero attached hydrogens (tertiary/aromatic N) is 1. The van der Waals surface area contributed by atoms with Crippen molar-refractivity contribution in [1.29, 1.82) is 0 Å². The van der Waals surface area contributed by atoms with Crippen LogP contribution in [-0.2, 0) is 4.74 Å².